The van der Waals surface area contributed by atoms with E-state index in [0.29, 0.717) is 12.4 Å². The molecule has 0 bridgehead atoms. The maximum absolute atomic E-state index is 11.1. The van der Waals surface area contributed by atoms with Gasteiger partial charge in [0.25, 0.3) is 6.47 Å². The van der Waals surface area contributed by atoms with Crippen molar-refractivity contribution in [1.82, 2.24) is 14.5 Å². The number of carbonyl (C=O) groups is 1. The first-order valence-electron chi connectivity index (χ1n) is 10.1. The number of rotatable bonds is 6. The molecule has 0 N–H and O–H groups in total. The highest BCUT2D eigenvalue weighted by atomic mass is 32.1. The van der Waals surface area contributed by atoms with E-state index in [0.717, 1.165) is 49.1 Å². The zero-order chi connectivity index (χ0) is 19.3. The van der Waals surface area contributed by atoms with Crippen molar-refractivity contribution >= 4 is 29.0 Å². The standard InChI is InChI=1S/C22H25N3O2S/c1-14-11-15(2)23-21-19(14)24-20(16-5-6-16)25(21)12-17-7-8-18(28-17)22(27-13-26)9-3-4-10-22/h7-8,11,13,16H,3-6,9-10,12H2,1-2H3. The lowest BCUT2D eigenvalue weighted by Gasteiger charge is -2.25. The molecular weight excluding hydrogens is 370 g/mol. The summed E-state index contributed by atoms with van der Waals surface area (Å²) in [5.41, 5.74) is 3.84. The summed E-state index contributed by atoms with van der Waals surface area (Å²) in [7, 11) is 0. The molecule has 0 atom stereocenters. The minimum Gasteiger partial charge on any atom is -0.456 e. The molecule has 0 spiro atoms. The van der Waals surface area contributed by atoms with Gasteiger partial charge >= 0.3 is 0 Å². The van der Waals surface area contributed by atoms with Crippen LogP contribution in [0.25, 0.3) is 11.2 Å². The first-order chi connectivity index (χ1) is 13.6. The number of hydrogen-bond donors (Lipinski definition) is 0. The van der Waals surface area contributed by atoms with E-state index in [-0.39, 0.29) is 0 Å². The van der Waals surface area contributed by atoms with Gasteiger partial charge in [0.15, 0.2) is 5.65 Å². The van der Waals surface area contributed by atoms with Crippen LogP contribution in [0.1, 0.15) is 71.3 Å². The molecule has 2 saturated carbocycles. The molecule has 0 aliphatic heterocycles. The summed E-state index contributed by atoms with van der Waals surface area (Å²) in [4.78, 5) is 23.3. The molecule has 2 aliphatic carbocycles. The summed E-state index contributed by atoms with van der Waals surface area (Å²) >= 11 is 1.76. The van der Waals surface area contributed by atoms with Crippen LogP contribution in [0.2, 0.25) is 0 Å². The van der Waals surface area contributed by atoms with Crippen molar-refractivity contribution in [3.63, 3.8) is 0 Å². The van der Waals surface area contributed by atoms with Gasteiger partial charge in [-0.2, -0.15) is 0 Å². The Balaban J connectivity index is 1.53. The van der Waals surface area contributed by atoms with E-state index in [9.17, 15) is 4.79 Å². The minimum atomic E-state index is -0.410. The van der Waals surface area contributed by atoms with Crippen molar-refractivity contribution in [3.8, 4) is 0 Å². The fourth-order valence-electron chi connectivity index (χ4n) is 4.55. The van der Waals surface area contributed by atoms with Crippen LogP contribution in [0.5, 0.6) is 0 Å². The second-order valence-corrected chi connectivity index (χ2v) is 9.43. The summed E-state index contributed by atoms with van der Waals surface area (Å²) in [6.07, 6.45) is 6.50. The molecule has 0 radical (unpaired) electrons. The fraction of sp³-hybridized carbons (Fsp3) is 0.500. The van der Waals surface area contributed by atoms with E-state index in [1.807, 2.05) is 6.92 Å². The summed E-state index contributed by atoms with van der Waals surface area (Å²) in [5, 5.41) is 0. The maximum Gasteiger partial charge on any atom is 0.294 e. The minimum absolute atomic E-state index is 0.410. The Bertz CT molecular complexity index is 1040. The monoisotopic (exact) mass is 395 g/mol. The summed E-state index contributed by atoms with van der Waals surface area (Å²) in [6.45, 7) is 5.56. The Morgan fingerprint density at radius 1 is 1.25 bits per heavy atom. The van der Waals surface area contributed by atoms with Gasteiger partial charge in [-0.15, -0.1) is 11.3 Å². The van der Waals surface area contributed by atoms with Gasteiger partial charge in [0.2, 0.25) is 0 Å². The average Bonchev–Trinajstić information content (AvgIpc) is 3.05. The molecule has 0 unspecified atom stereocenters. The Kier molecular flexibility index (Phi) is 4.27. The van der Waals surface area contributed by atoms with Crippen LogP contribution in [-0.4, -0.2) is 21.0 Å². The lowest BCUT2D eigenvalue weighted by atomic mass is 10.0. The van der Waals surface area contributed by atoms with Crippen molar-refractivity contribution in [2.45, 2.75) is 70.4 Å². The molecule has 6 heteroatoms. The Labute approximate surface area is 168 Å². The number of thiophene rings is 1. The number of fused-ring (bicyclic) bond motifs is 1. The topological polar surface area (TPSA) is 57.0 Å². The quantitative estimate of drug-likeness (QED) is 0.553. The number of ether oxygens (including phenoxy) is 1. The predicted molar refractivity (Wildman–Crippen MR) is 110 cm³/mol. The highest BCUT2D eigenvalue weighted by molar-refractivity contribution is 7.12. The Morgan fingerprint density at radius 3 is 2.75 bits per heavy atom. The Morgan fingerprint density at radius 2 is 2.04 bits per heavy atom. The number of imidazole rings is 1. The molecule has 146 valence electrons. The van der Waals surface area contributed by atoms with Gasteiger partial charge < -0.3 is 9.30 Å². The molecule has 5 nitrogen and oxygen atoms in total. The molecular formula is C22H25N3O2S. The average molecular weight is 396 g/mol. The van der Waals surface area contributed by atoms with Gasteiger partial charge in [-0.25, -0.2) is 9.97 Å². The van der Waals surface area contributed by atoms with Crippen LogP contribution >= 0.6 is 11.3 Å². The number of hydrogen-bond acceptors (Lipinski definition) is 5. The SMILES string of the molecule is Cc1cc(C)c2nc(C3CC3)n(Cc3ccc(C4(OC=O)CCCC4)s3)c2n1. The van der Waals surface area contributed by atoms with E-state index < -0.39 is 5.60 Å². The fourth-order valence-corrected chi connectivity index (χ4v) is 5.74. The van der Waals surface area contributed by atoms with Crippen LogP contribution in [0.4, 0.5) is 0 Å². The zero-order valence-corrected chi connectivity index (χ0v) is 17.2. The second kappa shape index (κ2) is 6.69. The summed E-state index contributed by atoms with van der Waals surface area (Å²) < 4.78 is 7.91. The first-order valence-corrected chi connectivity index (χ1v) is 11.0. The molecule has 2 fully saturated rings. The van der Waals surface area contributed by atoms with Gasteiger partial charge in [0.05, 0.1) is 6.54 Å². The smallest absolute Gasteiger partial charge is 0.294 e. The molecule has 0 saturated heterocycles. The zero-order valence-electron chi connectivity index (χ0n) is 16.4. The molecule has 3 heterocycles. The van der Waals surface area contributed by atoms with E-state index >= 15 is 0 Å². The number of carbonyl (C=O) groups excluding carboxylic acids is 1. The van der Waals surface area contributed by atoms with Gasteiger partial charge in [-0.1, -0.05) is 0 Å². The van der Waals surface area contributed by atoms with Gasteiger partial charge in [0, 0.05) is 21.4 Å². The molecule has 3 aromatic heterocycles. The highest BCUT2D eigenvalue weighted by Crippen LogP contribution is 2.45. The van der Waals surface area contributed by atoms with Gasteiger partial charge in [-0.3, -0.25) is 4.79 Å². The van der Waals surface area contributed by atoms with E-state index in [2.05, 4.69) is 29.7 Å². The van der Waals surface area contributed by atoms with E-state index in [1.54, 1.807) is 11.3 Å². The summed E-state index contributed by atoms with van der Waals surface area (Å²) in [6, 6.07) is 6.44. The lowest BCUT2D eigenvalue weighted by Crippen LogP contribution is -2.24. The summed E-state index contributed by atoms with van der Waals surface area (Å²) in [5.74, 6) is 1.73. The lowest BCUT2D eigenvalue weighted by molar-refractivity contribution is -0.143. The number of aryl methyl sites for hydroxylation is 2. The number of nitrogens with zero attached hydrogens (tertiary/aromatic N) is 3. The first kappa shape index (κ1) is 17.9. The highest BCUT2D eigenvalue weighted by Gasteiger charge is 2.39. The van der Waals surface area contributed by atoms with Crippen LogP contribution in [-0.2, 0) is 21.7 Å². The van der Waals surface area contributed by atoms with Crippen molar-refractivity contribution < 1.29 is 9.53 Å². The normalized spacial score (nSPS) is 18.6. The van der Waals surface area contributed by atoms with Gasteiger partial charge in [0.1, 0.15) is 16.9 Å². The third-order valence-electron chi connectivity index (χ3n) is 6.10. The predicted octanol–water partition coefficient (Wildman–Crippen LogP) is 4.98. The number of aromatic nitrogens is 3. The molecule has 2 aliphatic rings. The second-order valence-electron chi connectivity index (χ2n) is 8.26. The van der Waals surface area contributed by atoms with Gasteiger partial charge in [-0.05, 0) is 76.1 Å². The molecule has 5 rings (SSSR count). The maximum atomic E-state index is 11.1. The van der Waals surface area contributed by atoms with E-state index in [4.69, 9.17) is 14.7 Å². The molecule has 28 heavy (non-hydrogen) atoms. The molecule has 0 amide bonds. The van der Waals surface area contributed by atoms with Crippen molar-refractivity contribution in [3.05, 3.63) is 45.0 Å². The van der Waals surface area contributed by atoms with Crippen LogP contribution < -0.4 is 0 Å². The molecule has 3 aromatic rings. The largest absolute Gasteiger partial charge is 0.456 e. The van der Waals surface area contributed by atoms with Crippen molar-refractivity contribution in [2.24, 2.45) is 0 Å². The third-order valence-corrected chi connectivity index (χ3v) is 7.36. The van der Waals surface area contributed by atoms with Crippen LogP contribution in [0.3, 0.4) is 0 Å². The van der Waals surface area contributed by atoms with Crippen molar-refractivity contribution in [2.75, 3.05) is 0 Å². The van der Waals surface area contributed by atoms with Crippen LogP contribution in [0, 0.1) is 13.8 Å². The van der Waals surface area contributed by atoms with Crippen LogP contribution in [0.15, 0.2) is 18.2 Å². The van der Waals surface area contributed by atoms with Crippen molar-refractivity contribution in [1.29, 1.82) is 0 Å². The molecule has 0 aromatic carbocycles. The Hall–Kier alpha value is -2.21. The number of pyridine rings is 1. The third kappa shape index (κ3) is 2.94. The van der Waals surface area contributed by atoms with E-state index in [1.165, 1.54) is 34.0 Å².